The van der Waals surface area contributed by atoms with Crippen molar-refractivity contribution in [2.24, 2.45) is 17.4 Å². The van der Waals surface area contributed by atoms with E-state index in [9.17, 15) is 0 Å². The van der Waals surface area contributed by atoms with Gasteiger partial charge in [0.15, 0.2) is 11.5 Å². The Balaban J connectivity index is 1.29. The van der Waals surface area contributed by atoms with Gasteiger partial charge in [0.05, 0.1) is 16.4 Å². The van der Waals surface area contributed by atoms with Crippen LogP contribution in [0.25, 0.3) is 44.7 Å². The van der Waals surface area contributed by atoms with Crippen LogP contribution in [0.3, 0.4) is 0 Å². The molecule has 5 heterocycles. The Morgan fingerprint density at radius 3 is 2.65 bits per heavy atom. The van der Waals surface area contributed by atoms with E-state index in [0.29, 0.717) is 12.5 Å². The van der Waals surface area contributed by atoms with Crippen molar-refractivity contribution >= 4 is 27.8 Å². The van der Waals surface area contributed by atoms with Gasteiger partial charge in [0, 0.05) is 67.6 Å². The van der Waals surface area contributed by atoms with Crippen LogP contribution in [0.1, 0.15) is 25.3 Å². The molecule has 2 unspecified atom stereocenters. The van der Waals surface area contributed by atoms with Crippen LogP contribution in [0, 0.1) is 5.92 Å². The number of nitrogens with zero attached hydrogens (tertiary/aromatic N) is 6. The molecule has 0 spiro atoms. The Morgan fingerprint density at radius 1 is 1.02 bits per heavy atom. The Bertz CT molecular complexity index is 1600. The molecule has 208 valence electrons. The van der Waals surface area contributed by atoms with Crippen LogP contribution in [-0.2, 0) is 6.42 Å². The quantitative estimate of drug-likeness (QED) is 0.223. The molecule has 5 aromatic rings. The van der Waals surface area contributed by atoms with Crippen molar-refractivity contribution in [1.82, 2.24) is 35.0 Å². The van der Waals surface area contributed by atoms with E-state index in [1.165, 1.54) is 5.69 Å². The Hall–Kier alpha value is -3.86. The highest BCUT2D eigenvalue weighted by molar-refractivity contribution is 5.93. The van der Waals surface area contributed by atoms with Gasteiger partial charge >= 0.3 is 0 Å². The van der Waals surface area contributed by atoms with Crippen LogP contribution >= 0.6 is 0 Å². The molecule has 1 fully saturated rings. The lowest BCUT2D eigenvalue weighted by atomic mass is 9.88. The van der Waals surface area contributed by atoms with Gasteiger partial charge in [-0.05, 0) is 74.7 Å². The fraction of sp³-hybridized carbons (Fsp3) is 0.400. The third-order valence-corrected chi connectivity index (χ3v) is 8.22. The van der Waals surface area contributed by atoms with E-state index in [4.69, 9.17) is 16.5 Å². The van der Waals surface area contributed by atoms with Crippen molar-refractivity contribution in [3.8, 4) is 22.6 Å². The van der Waals surface area contributed by atoms with Crippen molar-refractivity contribution < 1.29 is 0 Å². The van der Waals surface area contributed by atoms with Gasteiger partial charge in [-0.25, -0.2) is 9.97 Å². The predicted molar refractivity (Wildman–Crippen MR) is 161 cm³/mol. The van der Waals surface area contributed by atoms with E-state index in [1.54, 1.807) is 0 Å². The van der Waals surface area contributed by atoms with Crippen LogP contribution < -0.4 is 16.4 Å². The molecule has 1 aliphatic rings. The summed E-state index contributed by atoms with van der Waals surface area (Å²) in [6.07, 6.45) is 8.36. The zero-order valence-electron chi connectivity index (χ0n) is 23.3. The maximum Gasteiger partial charge on any atom is 0.159 e. The summed E-state index contributed by atoms with van der Waals surface area (Å²) in [6, 6.07) is 10.9. The topological polar surface area (TPSA) is 142 Å². The molecule has 0 aliphatic carbocycles. The normalized spacial score (nSPS) is 16.1. The summed E-state index contributed by atoms with van der Waals surface area (Å²) in [7, 11) is 2.17. The smallest absolute Gasteiger partial charge is 0.159 e. The summed E-state index contributed by atoms with van der Waals surface area (Å²) in [5.41, 5.74) is 20.0. The molecular formula is C30H38N10. The Labute approximate surface area is 234 Å². The SMILES string of the molecule is CCC(N)C(CCN)Cc1cncc(-c2cnc3[nH]nc(-c4nc5cc(N6CCN(C)CC6)ccc5[nH]4)c3c2)c1. The summed E-state index contributed by atoms with van der Waals surface area (Å²) >= 11 is 0. The average Bonchev–Trinajstić information content (AvgIpc) is 3.60. The maximum atomic E-state index is 6.39. The first-order valence-electron chi connectivity index (χ1n) is 14.2. The Morgan fingerprint density at radius 2 is 1.85 bits per heavy atom. The molecule has 1 saturated heterocycles. The standard InChI is InChI=1S/C30H38N10/c1-3-25(32)20(6-7-31)12-19-13-21(17-33-16-19)22-14-24-28(37-38-29(24)34-18-22)30-35-26-5-4-23(15-27(26)36-30)40-10-8-39(2)9-11-40/h4-5,13-18,20,25H,3,6-12,31-32H2,1-2H3,(H,35,36)(H,34,37,38). The lowest BCUT2D eigenvalue weighted by Gasteiger charge is -2.34. The molecule has 40 heavy (non-hydrogen) atoms. The second-order valence-electron chi connectivity index (χ2n) is 11.0. The van der Waals surface area contributed by atoms with Crippen LogP contribution in [0.2, 0.25) is 0 Å². The third-order valence-electron chi connectivity index (χ3n) is 8.22. The van der Waals surface area contributed by atoms with Crippen molar-refractivity contribution in [3.05, 3.63) is 54.5 Å². The molecule has 10 nitrogen and oxygen atoms in total. The molecular weight excluding hydrogens is 500 g/mol. The van der Waals surface area contributed by atoms with Crippen molar-refractivity contribution in [2.45, 2.75) is 32.2 Å². The van der Waals surface area contributed by atoms with Crippen molar-refractivity contribution in [1.29, 1.82) is 0 Å². The number of aromatic amines is 2. The van der Waals surface area contributed by atoms with Gasteiger partial charge in [-0.3, -0.25) is 10.1 Å². The number of likely N-dealkylation sites (N-methyl/N-ethyl adjacent to an activating group) is 1. The molecule has 0 amide bonds. The lowest BCUT2D eigenvalue weighted by molar-refractivity contribution is 0.313. The van der Waals surface area contributed by atoms with Crippen LogP contribution in [0.4, 0.5) is 5.69 Å². The molecule has 6 N–H and O–H groups in total. The van der Waals surface area contributed by atoms with Gasteiger partial charge in [0.1, 0.15) is 5.69 Å². The minimum atomic E-state index is 0.125. The van der Waals surface area contributed by atoms with Crippen LogP contribution in [0.5, 0.6) is 0 Å². The monoisotopic (exact) mass is 538 g/mol. The molecule has 0 radical (unpaired) electrons. The number of benzene rings is 1. The number of piperazine rings is 1. The number of H-pyrrole nitrogens is 2. The van der Waals surface area contributed by atoms with E-state index in [-0.39, 0.29) is 6.04 Å². The number of fused-ring (bicyclic) bond motifs is 2. The fourth-order valence-electron chi connectivity index (χ4n) is 5.68. The second-order valence-corrected chi connectivity index (χ2v) is 11.0. The zero-order valence-corrected chi connectivity index (χ0v) is 23.3. The summed E-state index contributed by atoms with van der Waals surface area (Å²) in [5.74, 6) is 1.05. The number of imidazole rings is 1. The molecule has 6 rings (SSSR count). The number of nitrogens with two attached hydrogens (primary N) is 2. The van der Waals surface area contributed by atoms with Gasteiger partial charge in [0.25, 0.3) is 0 Å². The number of hydrogen-bond acceptors (Lipinski definition) is 8. The molecule has 2 atom stereocenters. The predicted octanol–water partition coefficient (Wildman–Crippen LogP) is 3.56. The summed E-state index contributed by atoms with van der Waals surface area (Å²) in [6.45, 7) is 6.93. The maximum absolute atomic E-state index is 6.39. The third kappa shape index (κ3) is 5.30. The average molecular weight is 539 g/mol. The molecule has 10 heteroatoms. The zero-order chi connectivity index (χ0) is 27.6. The van der Waals surface area contributed by atoms with E-state index in [0.717, 1.165) is 95.7 Å². The van der Waals surface area contributed by atoms with Crippen LogP contribution in [-0.4, -0.2) is 80.8 Å². The number of aromatic nitrogens is 6. The summed E-state index contributed by atoms with van der Waals surface area (Å²) < 4.78 is 0. The van der Waals surface area contributed by atoms with Gasteiger partial charge in [-0.2, -0.15) is 5.10 Å². The molecule has 4 aromatic heterocycles. The second kappa shape index (κ2) is 11.3. The van der Waals surface area contributed by atoms with E-state index >= 15 is 0 Å². The molecule has 0 saturated carbocycles. The highest BCUT2D eigenvalue weighted by Crippen LogP contribution is 2.31. The number of pyridine rings is 2. The van der Waals surface area contributed by atoms with Gasteiger partial charge < -0.3 is 26.3 Å². The number of nitrogens with one attached hydrogen (secondary N) is 2. The number of rotatable bonds is 9. The molecule has 0 bridgehead atoms. The Kier molecular flexibility index (Phi) is 7.46. The van der Waals surface area contributed by atoms with Crippen molar-refractivity contribution in [2.75, 3.05) is 44.7 Å². The number of anilines is 1. The largest absolute Gasteiger partial charge is 0.369 e. The minimum absolute atomic E-state index is 0.125. The molecule has 1 aromatic carbocycles. The first-order chi connectivity index (χ1) is 19.5. The van der Waals surface area contributed by atoms with Gasteiger partial charge in [-0.1, -0.05) is 6.92 Å². The summed E-state index contributed by atoms with van der Waals surface area (Å²) in [4.78, 5) is 22.4. The van der Waals surface area contributed by atoms with E-state index in [1.807, 2.05) is 18.6 Å². The highest BCUT2D eigenvalue weighted by Gasteiger charge is 2.19. The van der Waals surface area contributed by atoms with Crippen LogP contribution in [0.15, 0.2) is 48.9 Å². The fourth-order valence-corrected chi connectivity index (χ4v) is 5.68. The first kappa shape index (κ1) is 26.4. The van der Waals surface area contributed by atoms with Gasteiger partial charge in [-0.15, -0.1) is 0 Å². The number of hydrogen-bond donors (Lipinski definition) is 4. The van der Waals surface area contributed by atoms with Crippen molar-refractivity contribution in [3.63, 3.8) is 0 Å². The van der Waals surface area contributed by atoms with Gasteiger partial charge in [0.2, 0.25) is 0 Å². The lowest BCUT2D eigenvalue weighted by Crippen LogP contribution is -2.44. The van der Waals surface area contributed by atoms with E-state index in [2.05, 4.69) is 79.3 Å². The molecule has 1 aliphatic heterocycles. The first-order valence-corrected chi connectivity index (χ1v) is 14.2. The highest BCUT2D eigenvalue weighted by atomic mass is 15.2. The summed E-state index contributed by atoms with van der Waals surface area (Å²) in [5, 5.41) is 8.57. The minimum Gasteiger partial charge on any atom is -0.369 e. The van der Waals surface area contributed by atoms with E-state index < -0.39 is 0 Å².